The highest BCUT2D eigenvalue weighted by molar-refractivity contribution is 7.20. The Morgan fingerprint density at radius 1 is 1.31 bits per heavy atom. The van der Waals surface area contributed by atoms with Crippen molar-refractivity contribution in [3.05, 3.63) is 16.8 Å². The van der Waals surface area contributed by atoms with E-state index in [1.54, 1.807) is 6.33 Å². The third kappa shape index (κ3) is 4.13. The summed E-state index contributed by atoms with van der Waals surface area (Å²) >= 11 is 1.43. The molecule has 1 fully saturated rings. The molecule has 0 atom stereocenters. The van der Waals surface area contributed by atoms with Crippen LogP contribution in [0.5, 0.6) is 0 Å². The SMILES string of the molecule is Cc1c(C(=O)NCCOC(C)C)sc2ncnc(N3CCN(C)CC3)c12. The van der Waals surface area contributed by atoms with Crippen LogP contribution in [0.25, 0.3) is 10.2 Å². The Bertz CT molecular complexity index is 768. The van der Waals surface area contributed by atoms with Crippen LogP contribution < -0.4 is 10.2 Å². The lowest BCUT2D eigenvalue weighted by molar-refractivity contribution is 0.0748. The molecule has 1 saturated heterocycles. The van der Waals surface area contributed by atoms with E-state index in [1.807, 2.05) is 20.8 Å². The number of amides is 1. The number of carbonyl (C=O) groups is 1. The molecule has 0 spiro atoms. The number of likely N-dealkylation sites (N-methyl/N-ethyl adjacent to an activating group) is 1. The molecule has 3 rings (SSSR count). The van der Waals surface area contributed by atoms with Crippen molar-refractivity contribution in [2.45, 2.75) is 26.9 Å². The van der Waals surface area contributed by atoms with Crippen LogP contribution in [0, 0.1) is 6.92 Å². The number of piperazine rings is 1. The summed E-state index contributed by atoms with van der Waals surface area (Å²) in [5.74, 6) is 0.876. The molecule has 0 saturated carbocycles. The number of aromatic nitrogens is 2. The smallest absolute Gasteiger partial charge is 0.261 e. The normalized spacial score (nSPS) is 15.8. The van der Waals surface area contributed by atoms with E-state index in [2.05, 4.69) is 32.1 Å². The Morgan fingerprint density at radius 3 is 2.73 bits per heavy atom. The first-order valence-electron chi connectivity index (χ1n) is 9.04. The lowest BCUT2D eigenvalue weighted by Crippen LogP contribution is -2.44. The number of hydrogen-bond donors (Lipinski definition) is 1. The van der Waals surface area contributed by atoms with Crippen LogP contribution in [0.2, 0.25) is 0 Å². The molecule has 2 aromatic heterocycles. The first-order valence-corrected chi connectivity index (χ1v) is 9.86. The van der Waals surface area contributed by atoms with E-state index in [4.69, 9.17) is 4.74 Å². The van der Waals surface area contributed by atoms with Crippen LogP contribution in [0.1, 0.15) is 29.1 Å². The Hall–Kier alpha value is -1.77. The number of rotatable bonds is 6. The number of hydrogen-bond acceptors (Lipinski definition) is 7. The van der Waals surface area contributed by atoms with Gasteiger partial charge < -0.3 is 19.9 Å². The van der Waals surface area contributed by atoms with Crippen LogP contribution in [0.15, 0.2) is 6.33 Å². The third-order valence-corrected chi connectivity index (χ3v) is 5.75. The minimum atomic E-state index is -0.0674. The molecule has 26 heavy (non-hydrogen) atoms. The third-order valence-electron chi connectivity index (χ3n) is 4.55. The zero-order valence-corrected chi connectivity index (χ0v) is 16.7. The molecule has 1 aliphatic rings. The Kier molecular flexibility index (Phi) is 6.05. The highest BCUT2D eigenvalue weighted by Crippen LogP contribution is 2.35. The lowest BCUT2D eigenvalue weighted by Gasteiger charge is -2.33. The fraction of sp³-hybridized carbons (Fsp3) is 0.611. The molecule has 8 heteroatoms. The quantitative estimate of drug-likeness (QED) is 0.776. The highest BCUT2D eigenvalue weighted by Gasteiger charge is 2.23. The number of nitrogens with one attached hydrogen (secondary N) is 1. The van der Waals surface area contributed by atoms with Crippen LogP contribution in [-0.4, -0.2) is 73.3 Å². The van der Waals surface area contributed by atoms with Gasteiger partial charge in [0.25, 0.3) is 5.91 Å². The zero-order chi connectivity index (χ0) is 18.7. The largest absolute Gasteiger partial charge is 0.377 e. The van der Waals surface area contributed by atoms with Gasteiger partial charge in [0, 0.05) is 32.7 Å². The minimum Gasteiger partial charge on any atom is -0.377 e. The molecule has 0 unspecified atom stereocenters. The summed E-state index contributed by atoms with van der Waals surface area (Å²) in [6.45, 7) is 10.9. The van der Waals surface area contributed by atoms with Gasteiger partial charge in [-0.3, -0.25) is 4.79 Å². The second kappa shape index (κ2) is 8.28. The van der Waals surface area contributed by atoms with Crippen molar-refractivity contribution in [3.63, 3.8) is 0 Å². The molecule has 3 heterocycles. The van der Waals surface area contributed by atoms with Crippen LogP contribution in [0.3, 0.4) is 0 Å². The molecule has 7 nitrogen and oxygen atoms in total. The molecule has 2 aromatic rings. The van der Waals surface area contributed by atoms with E-state index in [0.29, 0.717) is 18.0 Å². The van der Waals surface area contributed by atoms with E-state index in [9.17, 15) is 4.79 Å². The predicted molar refractivity (Wildman–Crippen MR) is 105 cm³/mol. The predicted octanol–water partition coefficient (Wildman–Crippen LogP) is 1.91. The number of ether oxygens (including phenoxy) is 1. The van der Waals surface area contributed by atoms with E-state index >= 15 is 0 Å². The number of aryl methyl sites for hydroxylation is 1. The molecule has 0 aliphatic carbocycles. The van der Waals surface area contributed by atoms with E-state index < -0.39 is 0 Å². The standard InChI is InChI=1S/C18H27N5O2S/c1-12(2)25-10-5-19-17(24)15-13(3)14-16(20-11-21-18(14)26-15)23-8-6-22(4)7-9-23/h11-12H,5-10H2,1-4H3,(H,19,24). The first kappa shape index (κ1) is 19.0. The van der Waals surface area contributed by atoms with E-state index in [1.165, 1.54) is 11.3 Å². The van der Waals surface area contributed by atoms with Gasteiger partial charge in [0.05, 0.1) is 23.0 Å². The molecule has 1 N–H and O–H groups in total. The minimum absolute atomic E-state index is 0.0674. The van der Waals surface area contributed by atoms with Crippen LogP contribution >= 0.6 is 11.3 Å². The van der Waals surface area contributed by atoms with Gasteiger partial charge in [-0.25, -0.2) is 9.97 Å². The maximum absolute atomic E-state index is 12.6. The van der Waals surface area contributed by atoms with Crippen molar-refractivity contribution in [1.82, 2.24) is 20.2 Å². The molecular formula is C18H27N5O2S. The van der Waals surface area contributed by atoms with Crippen molar-refractivity contribution in [2.24, 2.45) is 0 Å². The molecule has 0 bridgehead atoms. The van der Waals surface area contributed by atoms with Gasteiger partial charge in [-0.2, -0.15) is 0 Å². The van der Waals surface area contributed by atoms with Gasteiger partial charge in [-0.1, -0.05) is 0 Å². The first-order chi connectivity index (χ1) is 12.5. The summed E-state index contributed by atoms with van der Waals surface area (Å²) in [7, 11) is 2.13. The maximum Gasteiger partial charge on any atom is 0.261 e. The molecule has 142 valence electrons. The van der Waals surface area contributed by atoms with Crippen molar-refractivity contribution in [3.8, 4) is 0 Å². The van der Waals surface area contributed by atoms with Gasteiger partial charge in [0.15, 0.2) is 0 Å². The summed E-state index contributed by atoms with van der Waals surface area (Å²) in [4.78, 5) is 27.7. The van der Waals surface area contributed by atoms with Gasteiger partial charge >= 0.3 is 0 Å². The lowest BCUT2D eigenvalue weighted by atomic mass is 10.1. The van der Waals surface area contributed by atoms with E-state index in [0.717, 1.165) is 47.8 Å². The fourth-order valence-corrected chi connectivity index (χ4v) is 4.13. The fourth-order valence-electron chi connectivity index (χ4n) is 3.07. The summed E-state index contributed by atoms with van der Waals surface area (Å²) in [5, 5.41) is 3.94. The molecular weight excluding hydrogens is 350 g/mol. The number of anilines is 1. The Balaban J connectivity index is 1.79. The Labute approximate surface area is 158 Å². The summed E-state index contributed by atoms with van der Waals surface area (Å²) in [6, 6.07) is 0. The number of thiophene rings is 1. The topological polar surface area (TPSA) is 70.6 Å². The highest BCUT2D eigenvalue weighted by atomic mass is 32.1. The van der Waals surface area contributed by atoms with Gasteiger partial charge in [0.2, 0.25) is 0 Å². The second-order valence-electron chi connectivity index (χ2n) is 6.90. The van der Waals surface area contributed by atoms with Crippen molar-refractivity contribution < 1.29 is 9.53 Å². The van der Waals surface area contributed by atoms with E-state index in [-0.39, 0.29) is 12.0 Å². The van der Waals surface area contributed by atoms with Gasteiger partial charge in [-0.15, -0.1) is 11.3 Å². The summed E-state index contributed by atoms with van der Waals surface area (Å²) in [6.07, 6.45) is 1.77. The summed E-state index contributed by atoms with van der Waals surface area (Å²) < 4.78 is 5.48. The van der Waals surface area contributed by atoms with Crippen molar-refractivity contribution in [2.75, 3.05) is 51.3 Å². The maximum atomic E-state index is 12.6. The molecule has 1 amide bonds. The van der Waals surface area contributed by atoms with Crippen LogP contribution in [0.4, 0.5) is 5.82 Å². The Morgan fingerprint density at radius 2 is 2.04 bits per heavy atom. The van der Waals surface area contributed by atoms with Crippen LogP contribution in [-0.2, 0) is 4.74 Å². The number of fused-ring (bicyclic) bond motifs is 1. The molecule has 1 aliphatic heterocycles. The monoisotopic (exact) mass is 377 g/mol. The molecule has 0 aromatic carbocycles. The number of carbonyl (C=O) groups excluding carboxylic acids is 1. The average Bonchev–Trinajstić information content (AvgIpc) is 2.96. The van der Waals surface area contributed by atoms with Crippen molar-refractivity contribution in [1.29, 1.82) is 0 Å². The second-order valence-corrected chi connectivity index (χ2v) is 7.90. The molecule has 0 radical (unpaired) electrons. The summed E-state index contributed by atoms with van der Waals surface area (Å²) in [5.41, 5.74) is 0.960. The zero-order valence-electron chi connectivity index (χ0n) is 15.9. The average molecular weight is 378 g/mol. The number of nitrogens with zero attached hydrogens (tertiary/aromatic N) is 4. The van der Waals surface area contributed by atoms with Crippen molar-refractivity contribution >= 4 is 33.3 Å². The van der Waals surface area contributed by atoms with Gasteiger partial charge in [0.1, 0.15) is 17.0 Å². The van der Waals surface area contributed by atoms with Gasteiger partial charge in [-0.05, 0) is 33.4 Å².